The number of aryl methyl sites for hydroxylation is 1. The quantitative estimate of drug-likeness (QED) is 0.916. The number of nitrogens with zero attached hydrogens (tertiary/aromatic N) is 2. The van der Waals surface area contributed by atoms with Crippen LogP contribution in [0.15, 0.2) is 18.2 Å². The molecule has 1 heterocycles. The molecule has 1 atom stereocenters. The van der Waals surface area contributed by atoms with Crippen molar-refractivity contribution in [2.45, 2.75) is 33.2 Å². The minimum absolute atomic E-state index is 0.337. The number of hydrogen-bond acceptors (Lipinski definition) is 3. The molecule has 0 saturated carbocycles. The van der Waals surface area contributed by atoms with Gasteiger partial charge in [0.25, 0.3) is 0 Å². The largest absolute Gasteiger partial charge is 0.480 e. The van der Waals surface area contributed by atoms with Crippen molar-refractivity contribution in [3.05, 3.63) is 29.3 Å². The fourth-order valence-electron chi connectivity index (χ4n) is 2.94. The van der Waals surface area contributed by atoms with E-state index < -0.39 is 5.97 Å². The molecule has 1 N–H and O–H groups in total. The number of piperazine rings is 1. The van der Waals surface area contributed by atoms with E-state index in [9.17, 15) is 9.90 Å². The Hall–Kier alpha value is -1.55. The summed E-state index contributed by atoms with van der Waals surface area (Å²) in [4.78, 5) is 15.7. The summed E-state index contributed by atoms with van der Waals surface area (Å²) < 4.78 is 0. The molecule has 1 fully saturated rings. The van der Waals surface area contributed by atoms with Gasteiger partial charge in [-0.05, 0) is 37.5 Å². The number of hydrogen-bond donors (Lipinski definition) is 1. The first-order valence-electron chi connectivity index (χ1n) is 7.32. The topological polar surface area (TPSA) is 43.8 Å². The van der Waals surface area contributed by atoms with E-state index in [1.165, 1.54) is 16.8 Å². The lowest BCUT2D eigenvalue weighted by Gasteiger charge is -2.39. The first kappa shape index (κ1) is 14.9. The minimum atomic E-state index is -0.701. The van der Waals surface area contributed by atoms with Gasteiger partial charge in [0.2, 0.25) is 0 Å². The normalized spacial score (nSPS) is 18.1. The van der Waals surface area contributed by atoms with Crippen molar-refractivity contribution in [2.75, 3.05) is 31.1 Å². The third-order valence-corrected chi connectivity index (χ3v) is 4.34. The van der Waals surface area contributed by atoms with Crippen molar-refractivity contribution in [1.29, 1.82) is 0 Å². The molecule has 20 heavy (non-hydrogen) atoms. The van der Waals surface area contributed by atoms with Gasteiger partial charge in [0.15, 0.2) is 0 Å². The van der Waals surface area contributed by atoms with Gasteiger partial charge in [-0.2, -0.15) is 0 Å². The fourth-order valence-corrected chi connectivity index (χ4v) is 2.94. The van der Waals surface area contributed by atoms with Gasteiger partial charge in [0, 0.05) is 31.9 Å². The van der Waals surface area contributed by atoms with Gasteiger partial charge in [-0.25, -0.2) is 0 Å². The van der Waals surface area contributed by atoms with Crippen molar-refractivity contribution in [3.63, 3.8) is 0 Å². The maximum atomic E-state index is 11.2. The summed E-state index contributed by atoms with van der Waals surface area (Å²) in [7, 11) is 0. The Kier molecular flexibility index (Phi) is 4.65. The van der Waals surface area contributed by atoms with Gasteiger partial charge in [-0.1, -0.05) is 19.1 Å². The molecule has 110 valence electrons. The van der Waals surface area contributed by atoms with Gasteiger partial charge < -0.3 is 10.0 Å². The van der Waals surface area contributed by atoms with Crippen molar-refractivity contribution in [2.24, 2.45) is 0 Å². The number of benzene rings is 1. The highest BCUT2D eigenvalue weighted by Crippen LogP contribution is 2.24. The summed E-state index contributed by atoms with van der Waals surface area (Å²) in [5.74, 6) is -0.701. The molecule has 4 heteroatoms. The lowest BCUT2D eigenvalue weighted by Crippen LogP contribution is -2.52. The third kappa shape index (κ3) is 2.96. The molecule has 1 aromatic rings. The third-order valence-electron chi connectivity index (χ3n) is 4.34. The molecule has 1 aliphatic rings. The van der Waals surface area contributed by atoms with Crippen LogP contribution in [0.2, 0.25) is 0 Å². The second kappa shape index (κ2) is 6.27. The molecule has 1 aromatic carbocycles. The lowest BCUT2D eigenvalue weighted by molar-refractivity contribution is -0.143. The Morgan fingerprint density at radius 1 is 1.25 bits per heavy atom. The number of carbonyl (C=O) groups is 1. The van der Waals surface area contributed by atoms with Gasteiger partial charge in [0.1, 0.15) is 6.04 Å². The molecule has 0 radical (unpaired) electrons. The predicted octanol–water partition coefficient (Wildman–Crippen LogP) is 2.29. The molecule has 0 aliphatic carbocycles. The number of anilines is 1. The summed E-state index contributed by atoms with van der Waals surface area (Å²) in [6.07, 6.45) is 0.665. The van der Waals surface area contributed by atoms with Crippen molar-refractivity contribution in [3.8, 4) is 0 Å². The second-order valence-electron chi connectivity index (χ2n) is 5.50. The first-order valence-corrected chi connectivity index (χ1v) is 7.32. The van der Waals surface area contributed by atoms with E-state index in [2.05, 4.69) is 41.8 Å². The summed E-state index contributed by atoms with van der Waals surface area (Å²) >= 11 is 0. The van der Waals surface area contributed by atoms with E-state index in [1.807, 2.05) is 6.92 Å². The smallest absolute Gasteiger partial charge is 0.320 e. The average molecular weight is 276 g/mol. The second-order valence-corrected chi connectivity index (χ2v) is 5.50. The monoisotopic (exact) mass is 276 g/mol. The van der Waals surface area contributed by atoms with Crippen LogP contribution in [0.4, 0.5) is 5.69 Å². The van der Waals surface area contributed by atoms with Crippen LogP contribution in [0.5, 0.6) is 0 Å². The molecule has 0 bridgehead atoms. The summed E-state index contributed by atoms with van der Waals surface area (Å²) in [5.41, 5.74) is 3.92. The van der Waals surface area contributed by atoms with Crippen LogP contribution in [-0.4, -0.2) is 48.2 Å². The van der Waals surface area contributed by atoms with E-state index in [4.69, 9.17) is 0 Å². The minimum Gasteiger partial charge on any atom is -0.480 e. The standard InChI is InChI=1S/C16H24N2O2/c1-4-14(16(19)20)17-8-10-18(11-9-17)15-7-5-6-12(2)13(15)3/h5-7,14H,4,8-11H2,1-3H3,(H,19,20)/t14-/m1/s1. The predicted molar refractivity (Wildman–Crippen MR) is 81.4 cm³/mol. The van der Waals surface area contributed by atoms with Crippen molar-refractivity contribution >= 4 is 11.7 Å². The Balaban J connectivity index is 2.04. The highest BCUT2D eigenvalue weighted by atomic mass is 16.4. The molecule has 0 aromatic heterocycles. The van der Waals surface area contributed by atoms with Gasteiger partial charge >= 0.3 is 5.97 Å². The summed E-state index contributed by atoms with van der Waals surface area (Å²) in [6, 6.07) is 6.05. The van der Waals surface area contributed by atoms with Crippen LogP contribution in [0, 0.1) is 13.8 Å². The van der Waals surface area contributed by atoms with Gasteiger partial charge in [0.05, 0.1) is 0 Å². The molecule has 2 rings (SSSR count). The van der Waals surface area contributed by atoms with Crippen LogP contribution < -0.4 is 4.90 Å². The molecular formula is C16H24N2O2. The Morgan fingerprint density at radius 2 is 1.90 bits per heavy atom. The number of carboxylic acid groups (broad SMARTS) is 1. The van der Waals surface area contributed by atoms with Crippen LogP contribution in [-0.2, 0) is 4.79 Å². The number of aliphatic carboxylic acids is 1. The molecule has 0 unspecified atom stereocenters. The highest BCUT2D eigenvalue weighted by molar-refractivity contribution is 5.73. The van der Waals surface area contributed by atoms with Crippen molar-refractivity contribution < 1.29 is 9.90 Å². The SMILES string of the molecule is CC[C@H](C(=O)O)N1CCN(c2cccc(C)c2C)CC1. The van der Waals surface area contributed by atoms with E-state index in [1.54, 1.807) is 0 Å². The Labute approximate surface area is 121 Å². The number of carboxylic acids is 1. The average Bonchev–Trinajstić information content (AvgIpc) is 2.43. The first-order chi connectivity index (χ1) is 9.54. The van der Waals surface area contributed by atoms with Gasteiger partial charge in [-0.3, -0.25) is 9.69 Å². The Bertz CT molecular complexity index is 479. The summed E-state index contributed by atoms with van der Waals surface area (Å²) in [6.45, 7) is 9.66. The highest BCUT2D eigenvalue weighted by Gasteiger charge is 2.27. The molecular weight excluding hydrogens is 252 g/mol. The molecule has 1 saturated heterocycles. The fraction of sp³-hybridized carbons (Fsp3) is 0.562. The molecule has 4 nitrogen and oxygen atoms in total. The molecule has 0 spiro atoms. The van der Waals surface area contributed by atoms with Crippen LogP contribution in [0.3, 0.4) is 0 Å². The summed E-state index contributed by atoms with van der Waals surface area (Å²) in [5, 5.41) is 9.23. The lowest BCUT2D eigenvalue weighted by atomic mass is 10.1. The van der Waals surface area contributed by atoms with Crippen LogP contribution >= 0.6 is 0 Å². The van der Waals surface area contributed by atoms with Crippen LogP contribution in [0.1, 0.15) is 24.5 Å². The van der Waals surface area contributed by atoms with E-state index in [0.717, 1.165) is 26.2 Å². The zero-order valence-corrected chi connectivity index (χ0v) is 12.6. The maximum absolute atomic E-state index is 11.2. The van der Waals surface area contributed by atoms with E-state index in [0.29, 0.717) is 6.42 Å². The zero-order valence-electron chi connectivity index (χ0n) is 12.6. The maximum Gasteiger partial charge on any atom is 0.320 e. The molecule has 1 aliphatic heterocycles. The van der Waals surface area contributed by atoms with E-state index >= 15 is 0 Å². The van der Waals surface area contributed by atoms with E-state index in [-0.39, 0.29) is 6.04 Å². The Morgan fingerprint density at radius 3 is 2.45 bits per heavy atom. The molecule has 0 amide bonds. The van der Waals surface area contributed by atoms with Crippen molar-refractivity contribution in [1.82, 2.24) is 4.90 Å². The zero-order chi connectivity index (χ0) is 14.7. The number of rotatable bonds is 4. The van der Waals surface area contributed by atoms with Crippen LogP contribution in [0.25, 0.3) is 0 Å². The van der Waals surface area contributed by atoms with Gasteiger partial charge in [-0.15, -0.1) is 0 Å².